The van der Waals surface area contributed by atoms with Crippen molar-refractivity contribution in [3.8, 4) is 0 Å². The van der Waals surface area contributed by atoms with Gasteiger partial charge >= 0.3 is 0 Å². The summed E-state index contributed by atoms with van der Waals surface area (Å²) in [5, 5.41) is 2.05. The molecule has 0 atom stereocenters. The maximum absolute atomic E-state index is 11.4. The Hall–Kier alpha value is -0.180. The van der Waals surface area contributed by atoms with E-state index in [9.17, 15) is 8.78 Å². The highest BCUT2D eigenvalue weighted by Gasteiger charge is 1.96. The fourth-order valence-corrected chi connectivity index (χ4v) is 0.586. The van der Waals surface area contributed by atoms with Crippen LogP contribution in [0.5, 0.6) is 0 Å². The minimum Gasteiger partial charge on any atom is -0.261 e. The SMILES string of the molecule is CCCCCNC(F)F. The van der Waals surface area contributed by atoms with E-state index in [-0.39, 0.29) is 0 Å². The second-order valence-corrected chi connectivity index (χ2v) is 1.96. The molecule has 3 heteroatoms. The Morgan fingerprint density at radius 3 is 2.44 bits per heavy atom. The molecule has 9 heavy (non-hydrogen) atoms. The molecule has 0 saturated heterocycles. The van der Waals surface area contributed by atoms with Crippen molar-refractivity contribution in [3.05, 3.63) is 0 Å². The average molecular weight is 137 g/mol. The van der Waals surface area contributed by atoms with Crippen molar-refractivity contribution >= 4 is 0 Å². The van der Waals surface area contributed by atoms with Gasteiger partial charge in [-0.1, -0.05) is 19.8 Å². The molecule has 1 nitrogen and oxygen atoms in total. The molecule has 0 rings (SSSR count). The van der Waals surface area contributed by atoms with E-state index >= 15 is 0 Å². The summed E-state index contributed by atoms with van der Waals surface area (Å²) in [5.41, 5.74) is 0. The third-order valence-electron chi connectivity index (χ3n) is 1.08. The summed E-state index contributed by atoms with van der Waals surface area (Å²) in [6.45, 7) is 0.135. The smallest absolute Gasteiger partial charge is 0.261 e. The number of nitrogens with one attached hydrogen (secondary N) is 1. The van der Waals surface area contributed by atoms with E-state index in [0.29, 0.717) is 6.54 Å². The molecule has 0 aliphatic carbocycles. The van der Waals surface area contributed by atoms with Gasteiger partial charge in [0.15, 0.2) is 0 Å². The zero-order valence-electron chi connectivity index (χ0n) is 5.66. The van der Waals surface area contributed by atoms with Gasteiger partial charge in [-0.25, -0.2) is 0 Å². The number of alkyl halides is 2. The highest BCUT2D eigenvalue weighted by Crippen LogP contribution is 1.92. The third-order valence-corrected chi connectivity index (χ3v) is 1.08. The normalized spacial score (nSPS) is 10.7. The average Bonchev–Trinajstić information content (AvgIpc) is 1.80. The van der Waals surface area contributed by atoms with Crippen LogP contribution < -0.4 is 5.32 Å². The fourth-order valence-electron chi connectivity index (χ4n) is 0.586. The molecule has 0 bridgehead atoms. The second kappa shape index (κ2) is 5.95. The molecule has 0 fully saturated rings. The van der Waals surface area contributed by atoms with Crippen molar-refractivity contribution in [2.45, 2.75) is 32.7 Å². The molecule has 0 unspecified atom stereocenters. The first-order valence-corrected chi connectivity index (χ1v) is 3.29. The zero-order chi connectivity index (χ0) is 7.11. The lowest BCUT2D eigenvalue weighted by molar-refractivity contribution is 0.108. The first-order chi connectivity index (χ1) is 4.27. The van der Waals surface area contributed by atoms with Crippen LogP contribution in [-0.2, 0) is 0 Å². The molecule has 1 N–H and O–H groups in total. The second-order valence-electron chi connectivity index (χ2n) is 1.96. The van der Waals surface area contributed by atoms with Crippen LogP contribution in [-0.4, -0.2) is 13.1 Å². The molecule has 0 amide bonds. The van der Waals surface area contributed by atoms with Gasteiger partial charge in [0.2, 0.25) is 0 Å². The van der Waals surface area contributed by atoms with Gasteiger partial charge < -0.3 is 0 Å². The van der Waals surface area contributed by atoms with Crippen LogP contribution in [0.3, 0.4) is 0 Å². The Labute approximate surface area is 54.4 Å². The Kier molecular flexibility index (Phi) is 5.83. The molecule has 0 aliphatic rings. The van der Waals surface area contributed by atoms with Crippen molar-refractivity contribution in [1.29, 1.82) is 0 Å². The summed E-state index contributed by atoms with van der Waals surface area (Å²) in [7, 11) is 0. The van der Waals surface area contributed by atoms with Gasteiger partial charge in [0, 0.05) is 6.54 Å². The summed E-state index contributed by atoms with van der Waals surface area (Å²) < 4.78 is 22.7. The monoisotopic (exact) mass is 137 g/mol. The molecule has 56 valence electrons. The van der Waals surface area contributed by atoms with Crippen molar-refractivity contribution in [1.82, 2.24) is 5.32 Å². The molecule has 0 saturated carbocycles. The molecule has 0 radical (unpaired) electrons. The van der Waals surface area contributed by atoms with Crippen molar-refractivity contribution in [2.24, 2.45) is 0 Å². The summed E-state index contributed by atoms with van der Waals surface area (Å²) in [4.78, 5) is 0. The number of halogens is 2. The lowest BCUT2D eigenvalue weighted by Gasteiger charge is -2.00. The Morgan fingerprint density at radius 1 is 1.33 bits per heavy atom. The predicted molar refractivity (Wildman–Crippen MR) is 33.5 cm³/mol. The summed E-state index contributed by atoms with van der Waals surface area (Å²) in [6, 6.07) is 0. The highest BCUT2D eigenvalue weighted by atomic mass is 19.3. The van der Waals surface area contributed by atoms with Gasteiger partial charge in [-0.3, -0.25) is 5.32 Å². The minimum atomic E-state index is -2.35. The molecule has 0 spiro atoms. The largest absolute Gasteiger partial charge is 0.292 e. The van der Waals surface area contributed by atoms with Crippen LogP contribution in [0, 0.1) is 0 Å². The molecule has 0 heterocycles. The Balaban J connectivity index is 2.75. The van der Waals surface area contributed by atoms with Crippen LogP contribution in [0.25, 0.3) is 0 Å². The Bertz CT molecular complexity index is 57.0. The van der Waals surface area contributed by atoms with Crippen LogP contribution >= 0.6 is 0 Å². The van der Waals surface area contributed by atoms with E-state index in [2.05, 4.69) is 0 Å². The fraction of sp³-hybridized carbons (Fsp3) is 1.00. The molecular weight excluding hydrogens is 124 g/mol. The maximum atomic E-state index is 11.4. The summed E-state index contributed by atoms with van der Waals surface area (Å²) in [6.07, 6.45) is 2.95. The summed E-state index contributed by atoms with van der Waals surface area (Å²) in [5.74, 6) is 0. The van der Waals surface area contributed by atoms with E-state index in [4.69, 9.17) is 0 Å². The van der Waals surface area contributed by atoms with Crippen LogP contribution in [0.1, 0.15) is 26.2 Å². The van der Waals surface area contributed by atoms with Crippen molar-refractivity contribution in [3.63, 3.8) is 0 Å². The van der Waals surface area contributed by atoms with Gasteiger partial charge in [-0.2, -0.15) is 8.78 Å². The van der Waals surface area contributed by atoms with Gasteiger partial charge in [0.1, 0.15) is 0 Å². The van der Waals surface area contributed by atoms with Gasteiger partial charge in [-0.15, -0.1) is 0 Å². The first kappa shape index (κ1) is 8.82. The van der Waals surface area contributed by atoms with Crippen molar-refractivity contribution in [2.75, 3.05) is 6.54 Å². The lowest BCUT2D eigenvalue weighted by Crippen LogP contribution is -2.21. The zero-order valence-corrected chi connectivity index (χ0v) is 5.66. The van der Waals surface area contributed by atoms with E-state index < -0.39 is 6.55 Å². The number of hydrogen-bond donors (Lipinski definition) is 1. The predicted octanol–water partition coefficient (Wildman–Crippen LogP) is 1.99. The van der Waals surface area contributed by atoms with Crippen LogP contribution in [0.4, 0.5) is 8.78 Å². The number of rotatable bonds is 5. The van der Waals surface area contributed by atoms with Gasteiger partial charge in [0.25, 0.3) is 6.55 Å². The van der Waals surface area contributed by atoms with Crippen LogP contribution in [0.15, 0.2) is 0 Å². The van der Waals surface area contributed by atoms with Gasteiger partial charge in [0.05, 0.1) is 0 Å². The van der Waals surface area contributed by atoms with E-state index in [1.54, 1.807) is 0 Å². The van der Waals surface area contributed by atoms with E-state index in [0.717, 1.165) is 19.3 Å². The standard InChI is InChI=1S/C6H13F2N/c1-2-3-4-5-9-6(7)8/h6,9H,2-5H2,1H3. The van der Waals surface area contributed by atoms with Crippen LogP contribution in [0.2, 0.25) is 0 Å². The molecule has 0 aromatic carbocycles. The lowest BCUT2D eigenvalue weighted by atomic mass is 10.2. The minimum absolute atomic E-state index is 0.436. The van der Waals surface area contributed by atoms with Crippen molar-refractivity contribution < 1.29 is 8.78 Å². The molecule has 0 aromatic rings. The third kappa shape index (κ3) is 7.82. The van der Waals surface area contributed by atoms with Gasteiger partial charge in [-0.05, 0) is 6.42 Å². The number of hydrogen-bond acceptors (Lipinski definition) is 1. The number of unbranched alkanes of at least 4 members (excludes halogenated alkanes) is 2. The topological polar surface area (TPSA) is 12.0 Å². The molecule has 0 aliphatic heterocycles. The maximum Gasteiger partial charge on any atom is 0.292 e. The quantitative estimate of drug-likeness (QED) is 0.451. The van der Waals surface area contributed by atoms with E-state index in [1.165, 1.54) is 0 Å². The summed E-state index contributed by atoms with van der Waals surface area (Å²) >= 11 is 0. The van der Waals surface area contributed by atoms with E-state index in [1.807, 2.05) is 12.2 Å². The Morgan fingerprint density at radius 2 is 2.00 bits per heavy atom. The molecule has 0 aromatic heterocycles. The molecular formula is C6H13F2N. The highest BCUT2D eigenvalue weighted by molar-refractivity contribution is 4.43. The first-order valence-electron chi connectivity index (χ1n) is 3.29.